The number of aliphatic hydroxyl groups is 1. The second-order valence-electron chi connectivity index (χ2n) is 3.73. The molecule has 5 unspecified atom stereocenters. The highest BCUT2D eigenvalue weighted by Crippen LogP contribution is 2.42. The van der Waals surface area contributed by atoms with Crippen molar-refractivity contribution in [1.29, 1.82) is 0 Å². The van der Waals surface area contributed by atoms with Gasteiger partial charge in [0, 0.05) is 6.42 Å². The van der Waals surface area contributed by atoms with E-state index in [0.717, 1.165) is 19.3 Å². The summed E-state index contributed by atoms with van der Waals surface area (Å²) in [6, 6.07) is 0. The fourth-order valence-corrected chi connectivity index (χ4v) is 2.48. The molecule has 3 heteroatoms. The average Bonchev–Trinajstić information content (AvgIpc) is 2.50. The quantitative estimate of drug-likeness (QED) is 0.539. The van der Waals surface area contributed by atoms with E-state index in [1.165, 1.54) is 0 Å². The third kappa shape index (κ3) is 0.736. The van der Waals surface area contributed by atoms with E-state index in [1.54, 1.807) is 0 Å². The molecule has 1 N–H and O–H groups in total. The summed E-state index contributed by atoms with van der Waals surface area (Å²) in [5.74, 6) is 0. The predicted octanol–water partition coefficient (Wildman–Crippen LogP) is 0.0660. The van der Waals surface area contributed by atoms with E-state index >= 15 is 0 Å². The molecule has 0 aromatic heterocycles. The Bertz CT molecular complexity index is 182. The molecule has 3 nitrogen and oxygen atoms in total. The molecule has 0 aromatic carbocycles. The normalized spacial score (nSPS) is 60.3. The minimum Gasteiger partial charge on any atom is -0.390 e. The molecule has 4 aliphatic heterocycles. The van der Waals surface area contributed by atoms with Gasteiger partial charge in [-0.25, -0.2) is 0 Å². The molecular weight excluding hydrogens is 144 g/mol. The number of ether oxygens (including phenoxy) is 2. The van der Waals surface area contributed by atoms with Crippen LogP contribution in [0.4, 0.5) is 0 Å². The highest BCUT2D eigenvalue weighted by Gasteiger charge is 2.53. The van der Waals surface area contributed by atoms with Crippen LogP contribution in [0.2, 0.25) is 0 Å². The van der Waals surface area contributed by atoms with Crippen molar-refractivity contribution in [2.75, 3.05) is 0 Å². The number of hydrogen-bond acceptors (Lipinski definition) is 3. The summed E-state index contributed by atoms with van der Waals surface area (Å²) < 4.78 is 11.3. The summed E-state index contributed by atoms with van der Waals surface area (Å²) in [7, 11) is 0. The zero-order valence-electron chi connectivity index (χ0n) is 6.27. The van der Waals surface area contributed by atoms with E-state index in [9.17, 15) is 5.11 Å². The summed E-state index contributed by atoms with van der Waals surface area (Å²) in [6.45, 7) is 0. The van der Waals surface area contributed by atoms with Crippen molar-refractivity contribution in [3.63, 3.8) is 0 Å². The second-order valence-corrected chi connectivity index (χ2v) is 3.73. The van der Waals surface area contributed by atoms with Crippen molar-refractivity contribution in [3.8, 4) is 0 Å². The van der Waals surface area contributed by atoms with E-state index < -0.39 is 0 Å². The molecule has 4 aliphatic rings. The van der Waals surface area contributed by atoms with Crippen molar-refractivity contribution in [2.45, 2.75) is 49.8 Å². The Kier molecular flexibility index (Phi) is 1.15. The summed E-state index contributed by atoms with van der Waals surface area (Å²) in [6.07, 6.45) is 3.31. The van der Waals surface area contributed by atoms with Gasteiger partial charge >= 0.3 is 0 Å². The van der Waals surface area contributed by atoms with E-state index in [2.05, 4.69) is 0 Å². The summed E-state index contributed by atoms with van der Waals surface area (Å²) in [4.78, 5) is 0. The fourth-order valence-electron chi connectivity index (χ4n) is 2.48. The third-order valence-corrected chi connectivity index (χ3v) is 3.05. The molecule has 0 spiro atoms. The second kappa shape index (κ2) is 1.97. The lowest BCUT2D eigenvalue weighted by Crippen LogP contribution is -2.37. The highest BCUT2D eigenvalue weighted by molar-refractivity contribution is 5.00. The van der Waals surface area contributed by atoms with E-state index in [4.69, 9.17) is 9.47 Å². The third-order valence-electron chi connectivity index (χ3n) is 3.05. The van der Waals surface area contributed by atoms with Crippen molar-refractivity contribution < 1.29 is 14.6 Å². The molecule has 4 heterocycles. The van der Waals surface area contributed by atoms with Crippen LogP contribution in [-0.2, 0) is 9.47 Å². The maximum Gasteiger partial charge on any atom is 0.110 e. The maximum atomic E-state index is 9.57. The van der Waals surface area contributed by atoms with E-state index in [-0.39, 0.29) is 24.4 Å². The van der Waals surface area contributed by atoms with Gasteiger partial charge in [-0.1, -0.05) is 0 Å². The minimum absolute atomic E-state index is 0.0150. The standard InChI is InChI=1S/C8H12O3/c9-4-1-2-5-6-3-7(10-5)8(4)11-6/h4-9H,1-3H2. The molecule has 4 rings (SSSR count). The van der Waals surface area contributed by atoms with E-state index in [0.29, 0.717) is 6.10 Å². The molecule has 4 bridgehead atoms. The van der Waals surface area contributed by atoms with Gasteiger partial charge in [-0.3, -0.25) is 0 Å². The highest BCUT2D eigenvalue weighted by atomic mass is 16.6. The number of fused-ring (bicyclic) bond motifs is 2. The monoisotopic (exact) mass is 156 g/mol. The van der Waals surface area contributed by atoms with Gasteiger partial charge in [0.1, 0.15) is 6.10 Å². The number of rotatable bonds is 0. The zero-order chi connectivity index (χ0) is 7.42. The van der Waals surface area contributed by atoms with Crippen molar-refractivity contribution >= 4 is 0 Å². The zero-order valence-corrected chi connectivity index (χ0v) is 6.27. The van der Waals surface area contributed by atoms with Crippen LogP contribution >= 0.6 is 0 Å². The van der Waals surface area contributed by atoms with Crippen LogP contribution in [0.25, 0.3) is 0 Å². The van der Waals surface area contributed by atoms with Crippen molar-refractivity contribution in [3.05, 3.63) is 0 Å². The molecule has 5 atom stereocenters. The molecule has 0 aliphatic carbocycles. The van der Waals surface area contributed by atoms with Gasteiger partial charge < -0.3 is 14.6 Å². The van der Waals surface area contributed by atoms with Crippen LogP contribution in [0, 0.1) is 0 Å². The molecule has 0 saturated carbocycles. The lowest BCUT2D eigenvalue weighted by atomic mass is 9.99. The van der Waals surface area contributed by atoms with Crippen LogP contribution in [0.15, 0.2) is 0 Å². The Morgan fingerprint density at radius 3 is 2.64 bits per heavy atom. The van der Waals surface area contributed by atoms with Gasteiger partial charge in [0.05, 0.1) is 24.4 Å². The van der Waals surface area contributed by atoms with Crippen LogP contribution in [0.3, 0.4) is 0 Å². The molecule has 0 amide bonds. The minimum atomic E-state index is -0.280. The Hall–Kier alpha value is -0.120. The van der Waals surface area contributed by atoms with E-state index in [1.807, 2.05) is 0 Å². The van der Waals surface area contributed by atoms with Gasteiger partial charge in [0.15, 0.2) is 0 Å². The van der Waals surface area contributed by atoms with Gasteiger partial charge in [0.25, 0.3) is 0 Å². The average molecular weight is 156 g/mol. The van der Waals surface area contributed by atoms with Crippen molar-refractivity contribution in [1.82, 2.24) is 0 Å². The number of hydrogen-bond donors (Lipinski definition) is 1. The predicted molar refractivity (Wildman–Crippen MR) is 37.2 cm³/mol. The first-order valence-electron chi connectivity index (χ1n) is 4.33. The van der Waals surface area contributed by atoms with Crippen LogP contribution in [0.1, 0.15) is 19.3 Å². The Labute approximate surface area is 65.3 Å². The van der Waals surface area contributed by atoms with Crippen LogP contribution in [-0.4, -0.2) is 35.6 Å². The molecule has 4 fully saturated rings. The summed E-state index contributed by atoms with van der Waals surface area (Å²) in [5, 5.41) is 9.57. The molecule has 62 valence electrons. The Morgan fingerprint density at radius 1 is 1.00 bits per heavy atom. The van der Waals surface area contributed by atoms with Crippen LogP contribution in [0.5, 0.6) is 0 Å². The maximum absolute atomic E-state index is 9.57. The lowest BCUT2D eigenvalue weighted by Gasteiger charge is -2.25. The molecule has 0 radical (unpaired) electrons. The van der Waals surface area contributed by atoms with Crippen LogP contribution < -0.4 is 0 Å². The lowest BCUT2D eigenvalue weighted by molar-refractivity contribution is -0.146. The topological polar surface area (TPSA) is 38.7 Å². The SMILES string of the molecule is OC1CCC2OC3CC2OC13. The molecule has 11 heavy (non-hydrogen) atoms. The van der Waals surface area contributed by atoms with Gasteiger partial charge in [-0.15, -0.1) is 0 Å². The summed E-state index contributed by atoms with van der Waals surface area (Å²) >= 11 is 0. The first kappa shape index (κ1) is 6.40. The Morgan fingerprint density at radius 2 is 1.91 bits per heavy atom. The number of aliphatic hydroxyl groups excluding tert-OH is 1. The smallest absolute Gasteiger partial charge is 0.110 e. The Balaban J connectivity index is 1.95. The van der Waals surface area contributed by atoms with Gasteiger partial charge in [-0.2, -0.15) is 0 Å². The van der Waals surface area contributed by atoms with Gasteiger partial charge in [-0.05, 0) is 12.8 Å². The largest absolute Gasteiger partial charge is 0.390 e. The summed E-state index contributed by atoms with van der Waals surface area (Å²) in [5.41, 5.74) is 0. The van der Waals surface area contributed by atoms with Crippen molar-refractivity contribution in [2.24, 2.45) is 0 Å². The fraction of sp³-hybridized carbons (Fsp3) is 1.00. The molecular formula is C8H12O3. The first-order valence-corrected chi connectivity index (χ1v) is 4.33. The molecule has 0 aromatic rings. The van der Waals surface area contributed by atoms with Gasteiger partial charge in [0.2, 0.25) is 0 Å². The molecule has 4 saturated heterocycles. The first-order chi connectivity index (χ1) is 5.34.